The van der Waals surface area contributed by atoms with Gasteiger partial charge in [0.05, 0.1) is 0 Å². The van der Waals surface area contributed by atoms with E-state index in [1.54, 1.807) is 4.90 Å². The van der Waals surface area contributed by atoms with Crippen molar-refractivity contribution in [2.45, 2.75) is 12.3 Å². The number of amides is 1. The van der Waals surface area contributed by atoms with Crippen LogP contribution in [0.2, 0.25) is 0 Å². The van der Waals surface area contributed by atoms with Crippen LogP contribution in [0, 0.1) is 0 Å². The number of benzene rings is 2. The largest absolute Gasteiger partial charge is 0.454 e. The third-order valence-corrected chi connectivity index (χ3v) is 6.68. The number of nitrogens with one attached hydrogen (secondary N) is 3. The first kappa shape index (κ1) is 21.0. The van der Waals surface area contributed by atoms with Crippen LogP contribution >= 0.6 is 11.8 Å². The van der Waals surface area contributed by atoms with E-state index in [-0.39, 0.29) is 5.91 Å². The van der Waals surface area contributed by atoms with E-state index >= 15 is 0 Å². The quantitative estimate of drug-likeness (QED) is 0.481. The zero-order valence-electron chi connectivity index (χ0n) is 17.3. The number of fused-ring (bicyclic) bond motifs is 1. The molecular formula is C23H31N3O3S+2. The smallest absolute Gasteiger partial charge is 0.275 e. The zero-order valence-corrected chi connectivity index (χ0v) is 18.1. The van der Waals surface area contributed by atoms with Crippen molar-refractivity contribution in [3.05, 3.63) is 59.7 Å². The molecule has 160 valence electrons. The molecule has 0 spiro atoms. The van der Waals surface area contributed by atoms with Gasteiger partial charge in [-0.2, -0.15) is 11.8 Å². The molecule has 2 aromatic rings. The molecule has 6 nitrogen and oxygen atoms in total. The molecule has 0 aromatic heterocycles. The second-order valence-electron chi connectivity index (χ2n) is 7.93. The summed E-state index contributed by atoms with van der Waals surface area (Å²) in [6.07, 6.45) is 0. The van der Waals surface area contributed by atoms with Crippen LogP contribution in [0.4, 0.5) is 0 Å². The van der Waals surface area contributed by atoms with E-state index < -0.39 is 0 Å². The fraction of sp³-hybridized carbons (Fsp3) is 0.435. The molecule has 1 saturated heterocycles. The summed E-state index contributed by atoms with van der Waals surface area (Å²) in [6.45, 7) is 6.89. The first-order valence-corrected chi connectivity index (χ1v) is 11.9. The van der Waals surface area contributed by atoms with Crippen molar-refractivity contribution in [2.75, 3.05) is 51.8 Å². The van der Waals surface area contributed by atoms with Crippen LogP contribution < -0.4 is 24.6 Å². The van der Waals surface area contributed by atoms with Gasteiger partial charge >= 0.3 is 0 Å². The van der Waals surface area contributed by atoms with Gasteiger partial charge in [-0.05, 0) is 23.8 Å². The SMILES string of the molecule is O=C(C[NH+]1CC[NH+](Cc2ccc3c(c2)OCO3)CC1)NCCSCc1ccccc1. The number of rotatable bonds is 9. The van der Waals surface area contributed by atoms with Crippen LogP contribution in [0.1, 0.15) is 11.1 Å². The minimum absolute atomic E-state index is 0.171. The first-order chi connectivity index (χ1) is 14.8. The van der Waals surface area contributed by atoms with Gasteiger partial charge in [0, 0.05) is 23.6 Å². The van der Waals surface area contributed by atoms with Gasteiger partial charge in [0.1, 0.15) is 32.7 Å². The van der Waals surface area contributed by atoms with E-state index in [0.29, 0.717) is 13.3 Å². The minimum atomic E-state index is 0.171. The molecule has 30 heavy (non-hydrogen) atoms. The molecule has 2 aliphatic heterocycles. The van der Waals surface area contributed by atoms with Gasteiger partial charge in [-0.25, -0.2) is 0 Å². The van der Waals surface area contributed by atoms with Crippen LogP contribution in [0.15, 0.2) is 48.5 Å². The highest BCUT2D eigenvalue weighted by atomic mass is 32.2. The third kappa shape index (κ3) is 6.14. The van der Waals surface area contributed by atoms with Crippen molar-refractivity contribution in [2.24, 2.45) is 0 Å². The number of hydrogen-bond donors (Lipinski definition) is 3. The number of carbonyl (C=O) groups is 1. The van der Waals surface area contributed by atoms with Crippen LogP contribution in [0.3, 0.4) is 0 Å². The van der Waals surface area contributed by atoms with Gasteiger partial charge in [-0.15, -0.1) is 0 Å². The molecule has 3 N–H and O–H groups in total. The lowest BCUT2D eigenvalue weighted by Gasteiger charge is -2.29. The standard InChI is InChI=1S/C23H29N3O3S/c27-23(24-8-13-30-17-19-4-2-1-3-5-19)16-26-11-9-25(10-12-26)15-20-6-7-21-22(14-20)29-18-28-21/h1-7,14H,8-13,15-18H2,(H,24,27)/p+2. The van der Waals surface area contributed by atoms with E-state index in [0.717, 1.165) is 62.3 Å². The van der Waals surface area contributed by atoms with Gasteiger partial charge in [0.15, 0.2) is 18.0 Å². The molecule has 1 amide bonds. The fourth-order valence-electron chi connectivity index (χ4n) is 3.97. The molecule has 0 bridgehead atoms. The van der Waals surface area contributed by atoms with Crippen LogP contribution in [0.25, 0.3) is 0 Å². The van der Waals surface area contributed by atoms with Crippen molar-refractivity contribution in [1.82, 2.24) is 5.32 Å². The van der Waals surface area contributed by atoms with Crippen LogP contribution in [0.5, 0.6) is 11.5 Å². The normalized spacial score (nSPS) is 20.1. The predicted octanol–water partition coefficient (Wildman–Crippen LogP) is -0.252. The maximum absolute atomic E-state index is 12.3. The molecule has 0 atom stereocenters. The number of piperazine rings is 1. The lowest BCUT2D eigenvalue weighted by molar-refractivity contribution is -1.02. The van der Waals surface area contributed by atoms with Gasteiger partial charge < -0.3 is 24.6 Å². The Bertz CT molecular complexity index is 826. The summed E-state index contributed by atoms with van der Waals surface area (Å²) in [7, 11) is 0. The average Bonchev–Trinajstić information content (AvgIpc) is 3.23. The summed E-state index contributed by atoms with van der Waals surface area (Å²) < 4.78 is 10.9. The van der Waals surface area contributed by atoms with Crippen LogP contribution in [-0.2, 0) is 17.1 Å². The molecule has 0 aliphatic carbocycles. The van der Waals surface area contributed by atoms with E-state index in [2.05, 4.69) is 41.7 Å². The van der Waals surface area contributed by atoms with Crippen molar-refractivity contribution in [3.8, 4) is 11.5 Å². The first-order valence-electron chi connectivity index (χ1n) is 10.7. The maximum Gasteiger partial charge on any atom is 0.275 e. The molecule has 2 aromatic carbocycles. The van der Waals surface area contributed by atoms with Crippen molar-refractivity contribution < 1.29 is 24.1 Å². The Hall–Kier alpha value is -2.22. The highest BCUT2D eigenvalue weighted by Gasteiger charge is 2.25. The van der Waals surface area contributed by atoms with E-state index in [4.69, 9.17) is 9.47 Å². The molecule has 1 fully saturated rings. The lowest BCUT2D eigenvalue weighted by atomic mass is 10.1. The van der Waals surface area contributed by atoms with Crippen LogP contribution in [-0.4, -0.2) is 57.7 Å². The fourth-order valence-corrected chi connectivity index (χ4v) is 4.79. The van der Waals surface area contributed by atoms with Crippen molar-refractivity contribution in [3.63, 3.8) is 0 Å². The molecular weight excluding hydrogens is 398 g/mol. The molecule has 2 aliphatic rings. The molecule has 0 saturated carbocycles. The third-order valence-electron chi connectivity index (χ3n) is 5.65. The van der Waals surface area contributed by atoms with E-state index in [1.165, 1.54) is 16.0 Å². The summed E-state index contributed by atoms with van der Waals surface area (Å²) >= 11 is 1.86. The highest BCUT2D eigenvalue weighted by Crippen LogP contribution is 2.32. The summed E-state index contributed by atoms with van der Waals surface area (Å²) in [5.41, 5.74) is 2.61. The Morgan fingerprint density at radius 3 is 2.53 bits per heavy atom. The Morgan fingerprint density at radius 2 is 1.70 bits per heavy atom. The lowest BCUT2D eigenvalue weighted by Crippen LogP contribution is -3.28. The summed E-state index contributed by atoms with van der Waals surface area (Å²) in [5, 5.41) is 3.08. The summed E-state index contributed by atoms with van der Waals surface area (Å²) in [5.74, 6) is 3.81. The number of ether oxygens (including phenoxy) is 2. The molecule has 2 heterocycles. The summed E-state index contributed by atoms with van der Waals surface area (Å²) in [6, 6.07) is 16.7. The second kappa shape index (κ2) is 10.7. The topological polar surface area (TPSA) is 56.4 Å². The van der Waals surface area contributed by atoms with E-state index in [9.17, 15) is 4.79 Å². The molecule has 4 rings (SSSR count). The average molecular weight is 430 g/mol. The van der Waals surface area contributed by atoms with Crippen molar-refractivity contribution >= 4 is 17.7 Å². The Kier molecular flexibility index (Phi) is 7.50. The van der Waals surface area contributed by atoms with Gasteiger partial charge in [-0.1, -0.05) is 30.3 Å². The minimum Gasteiger partial charge on any atom is -0.454 e. The zero-order chi connectivity index (χ0) is 20.6. The van der Waals surface area contributed by atoms with Crippen molar-refractivity contribution in [1.29, 1.82) is 0 Å². The van der Waals surface area contributed by atoms with E-state index in [1.807, 2.05) is 23.9 Å². The van der Waals surface area contributed by atoms with Gasteiger partial charge in [-0.3, -0.25) is 4.79 Å². The number of hydrogen-bond acceptors (Lipinski definition) is 4. The molecule has 7 heteroatoms. The highest BCUT2D eigenvalue weighted by molar-refractivity contribution is 7.98. The number of quaternary nitrogens is 2. The Balaban J connectivity index is 1.09. The van der Waals surface area contributed by atoms with Gasteiger partial charge in [0.25, 0.3) is 5.91 Å². The number of thioether (sulfide) groups is 1. The summed E-state index contributed by atoms with van der Waals surface area (Å²) in [4.78, 5) is 15.2. The number of carbonyl (C=O) groups excluding carboxylic acids is 1. The monoisotopic (exact) mass is 429 g/mol. The maximum atomic E-state index is 12.3. The molecule has 0 radical (unpaired) electrons. The van der Waals surface area contributed by atoms with Gasteiger partial charge in [0.2, 0.25) is 6.79 Å². The predicted molar refractivity (Wildman–Crippen MR) is 118 cm³/mol. The Morgan fingerprint density at radius 1 is 0.933 bits per heavy atom. The molecule has 0 unspecified atom stereocenters. The second-order valence-corrected chi connectivity index (χ2v) is 9.03. The Labute approximate surface area is 182 Å².